The maximum absolute atomic E-state index is 11.9. The van der Waals surface area contributed by atoms with Crippen LogP contribution in [0.15, 0.2) is 36.4 Å². The molecule has 3 nitrogen and oxygen atoms in total. The molecule has 0 spiro atoms. The lowest BCUT2D eigenvalue weighted by molar-refractivity contribution is -0.142. The van der Waals surface area contributed by atoms with Gasteiger partial charge in [-0.15, -0.1) is 0 Å². The van der Waals surface area contributed by atoms with Crippen LogP contribution in [0.4, 0.5) is 0 Å². The van der Waals surface area contributed by atoms with Crippen LogP contribution in [-0.2, 0) is 21.7 Å². The van der Waals surface area contributed by atoms with E-state index in [9.17, 15) is 4.79 Å². The highest BCUT2D eigenvalue weighted by Crippen LogP contribution is 2.37. The highest BCUT2D eigenvalue weighted by Gasteiger charge is 2.16. The van der Waals surface area contributed by atoms with E-state index in [0.29, 0.717) is 6.61 Å². The van der Waals surface area contributed by atoms with Crippen molar-refractivity contribution < 1.29 is 14.3 Å². The Bertz CT molecular complexity index is 791. The highest BCUT2D eigenvalue weighted by molar-refractivity contribution is 7.99. The summed E-state index contributed by atoms with van der Waals surface area (Å²) >= 11 is 1.92. The molecule has 146 valence electrons. The zero-order valence-electron chi connectivity index (χ0n) is 17.2. The molecule has 0 saturated heterocycles. The van der Waals surface area contributed by atoms with E-state index in [1.165, 1.54) is 11.1 Å². The average molecular weight is 387 g/mol. The van der Waals surface area contributed by atoms with Crippen LogP contribution in [0.25, 0.3) is 11.1 Å². The van der Waals surface area contributed by atoms with Gasteiger partial charge in [0.15, 0.2) is 0 Å². The van der Waals surface area contributed by atoms with Gasteiger partial charge in [0.2, 0.25) is 0 Å². The first-order chi connectivity index (χ1) is 12.7. The predicted molar refractivity (Wildman–Crippen MR) is 115 cm³/mol. The molecule has 0 unspecified atom stereocenters. The molecule has 2 aromatic rings. The zero-order chi connectivity index (χ0) is 20.0. The van der Waals surface area contributed by atoms with Gasteiger partial charge in [0, 0.05) is 16.1 Å². The number of methoxy groups -OCH3 is 1. The van der Waals surface area contributed by atoms with Crippen molar-refractivity contribution in [3.63, 3.8) is 0 Å². The molecule has 0 heterocycles. The molecule has 27 heavy (non-hydrogen) atoms. The summed E-state index contributed by atoms with van der Waals surface area (Å²) in [6, 6.07) is 12.4. The number of thioether (sulfide) groups is 1. The van der Waals surface area contributed by atoms with Crippen molar-refractivity contribution in [1.82, 2.24) is 0 Å². The molecule has 0 radical (unpaired) electrons. The van der Waals surface area contributed by atoms with E-state index in [4.69, 9.17) is 9.47 Å². The van der Waals surface area contributed by atoms with Crippen molar-refractivity contribution in [3.05, 3.63) is 53.1 Å². The number of carbonyl (C=O) groups excluding carboxylic acids is 1. The van der Waals surface area contributed by atoms with E-state index < -0.39 is 0 Å². The molecule has 0 aromatic heterocycles. The molecular formula is C23H30O3S. The number of hydrogen-bond donors (Lipinski definition) is 0. The van der Waals surface area contributed by atoms with Crippen LogP contribution in [0.1, 0.15) is 44.4 Å². The summed E-state index contributed by atoms with van der Waals surface area (Å²) in [6.45, 7) is 11.0. The Hall–Kier alpha value is -1.94. The van der Waals surface area contributed by atoms with Crippen LogP contribution >= 0.6 is 11.8 Å². The van der Waals surface area contributed by atoms with Gasteiger partial charge in [-0.25, -0.2) is 0 Å². The Morgan fingerprint density at radius 3 is 2.44 bits per heavy atom. The Morgan fingerprint density at radius 1 is 1.07 bits per heavy atom. The lowest BCUT2D eigenvalue weighted by Gasteiger charge is -2.20. The highest BCUT2D eigenvalue weighted by atomic mass is 32.2. The number of hydrogen-bond acceptors (Lipinski definition) is 4. The number of ether oxygens (including phenoxy) is 2. The molecule has 0 saturated carbocycles. The van der Waals surface area contributed by atoms with Crippen LogP contribution in [-0.4, -0.2) is 24.4 Å². The summed E-state index contributed by atoms with van der Waals surface area (Å²) in [4.78, 5) is 11.9. The normalized spacial score (nSPS) is 11.3. The lowest BCUT2D eigenvalue weighted by atomic mass is 9.95. The quantitative estimate of drug-likeness (QED) is 0.563. The van der Waals surface area contributed by atoms with Crippen LogP contribution < -0.4 is 4.74 Å². The molecule has 0 aliphatic carbocycles. The Labute approximate surface area is 167 Å². The second-order valence-electron chi connectivity index (χ2n) is 7.58. The maximum atomic E-state index is 11.9. The second kappa shape index (κ2) is 9.32. The first-order valence-electron chi connectivity index (χ1n) is 9.30. The van der Waals surface area contributed by atoms with Gasteiger partial charge in [-0.3, -0.25) is 4.79 Å². The van der Waals surface area contributed by atoms with E-state index in [1.807, 2.05) is 36.9 Å². The van der Waals surface area contributed by atoms with Crippen molar-refractivity contribution in [2.75, 3.05) is 13.7 Å². The third-order valence-electron chi connectivity index (χ3n) is 4.13. The third-order valence-corrected chi connectivity index (χ3v) is 5.45. The molecule has 0 amide bonds. The molecule has 2 rings (SSSR count). The van der Waals surface area contributed by atoms with Crippen molar-refractivity contribution in [1.29, 1.82) is 0 Å². The van der Waals surface area contributed by atoms with Crippen molar-refractivity contribution in [3.8, 4) is 16.9 Å². The van der Waals surface area contributed by atoms with Gasteiger partial charge >= 0.3 is 5.97 Å². The van der Waals surface area contributed by atoms with Crippen LogP contribution in [0, 0.1) is 6.92 Å². The smallest absolute Gasteiger partial charge is 0.310 e. The van der Waals surface area contributed by atoms with Crippen molar-refractivity contribution >= 4 is 17.7 Å². The SMILES string of the molecule is CCOC(=O)Cc1ccc(OC)c(-c2ccc(C)cc2CSC(C)(C)C)c1. The van der Waals surface area contributed by atoms with Gasteiger partial charge in [0.25, 0.3) is 0 Å². The fraction of sp³-hybridized carbons (Fsp3) is 0.435. The van der Waals surface area contributed by atoms with E-state index in [-0.39, 0.29) is 17.1 Å². The zero-order valence-corrected chi connectivity index (χ0v) is 18.0. The first kappa shape index (κ1) is 21.4. The molecule has 4 heteroatoms. The number of aryl methyl sites for hydroxylation is 1. The fourth-order valence-electron chi connectivity index (χ4n) is 2.85. The topological polar surface area (TPSA) is 35.5 Å². The Balaban J connectivity index is 2.44. The van der Waals surface area contributed by atoms with Crippen molar-refractivity contribution in [2.45, 2.75) is 51.5 Å². The van der Waals surface area contributed by atoms with Gasteiger partial charge in [0.05, 0.1) is 20.1 Å². The van der Waals surface area contributed by atoms with E-state index in [2.05, 4.69) is 45.9 Å². The molecule has 0 bridgehead atoms. The minimum Gasteiger partial charge on any atom is -0.496 e. The lowest BCUT2D eigenvalue weighted by Crippen LogP contribution is -2.08. The third kappa shape index (κ3) is 6.31. The van der Waals surface area contributed by atoms with Gasteiger partial charge < -0.3 is 9.47 Å². The van der Waals surface area contributed by atoms with Gasteiger partial charge in [-0.05, 0) is 42.7 Å². The largest absolute Gasteiger partial charge is 0.496 e. The molecule has 0 N–H and O–H groups in total. The predicted octanol–water partition coefficient (Wildman–Crippen LogP) is 5.81. The molecule has 0 aliphatic heterocycles. The average Bonchev–Trinajstić information content (AvgIpc) is 2.59. The van der Waals surface area contributed by atoms with Crippen LogP contribution in [0.5, 0.6) is 5.75 Å². The Morgan fingerprint density at radius 2 is 1.81 bits per heavy atom. The molecule has 2 aromatic carbocycles. The van der Waals surface area contributed by atoms with Gasteiger partial charge in [0.1, 0.15) is 5.75 Å². The molecule has 0 fully saturated rings. The van der Waals surface area contributed by atoms with E-state index in [1.54, 1.807) is 7.11 Å². The number of carbonyl (C=O) groups is 1. The van der Waals surface area contributed by atoms with E-state index >= 15 is 0 Å². The molecule has 0 aliphatic rings. The summed E-state index contributed by atoms with van der Waals surface area (Å²) in [5, 5.41) is 0. The van der Waals surface area contributed by atoms with Crippen LogP contribution in [0.2, 0.25) is 0 Å². The first-order valence-corrected chi connectivity index (χ1v) is 10.3. The summed E-state index contributed by atoms with van der Waals surface area (Å²) in [6.07, 6.45) is 0.267. The minimum absolute atomic E-state index is 0.191. The van der Waals surface area contributed by atoms with Gasteiger partial charge in [-0.2, -0.15) is 11.8 Å². The molecule has 0 atom stereocenters. The van der Waals surface area contributed by atoms with E-state index in [0.717, 1.165) is 28.2 Å². The number of esters is 1. The summed E-state index contributed by atoms with van der Waals surface area (Å²) in [5.74, 6) is 1.53. The molecular weight excluding hydrogens is 356 g/mol. The Kier molecular flexibility index (Phi) is 7.37. The summed E-state index contributed by atoms with van der Waals surface area (Å²) in [7, 11) is 1.68. The summed E-state index contributed by atoms with van der Waals surface area (Å²) in [5.41, 5.74) is 5.62. The number of rotatable bonds is 7. The van der Waals surface area contributed by atoms with Gasteiger partial charge in [-0.1, -0.05) is 50.6 Å². The summed E-state index contributed by atoms with van der Waals surface area (Å²) < 4.78 is 10.9. The van der Waals surface area contributed by atoms with Crippen molar-refractivity contribution in [2.24, 2.45) is 0 Å². The fourth-order valence-corrected chi connectivity index (χ4v) is 3.68. The maximum Gasteiger partial charge on any atom is 0.310 e. The van der Waals surface area contributed by atoms with Crippen LogP contribution in [0.3, 0.4) is 0 Å². The number of benzene rings is 2. The minimum atomic E-state index is -0.207. The standard InChI is InChI=1S/C23H30O3S/c1-7-26-22(24)14-17-9-11-21(25-6)20(13-17)19-10-8-16(2)12-18(19)15-27-23(3,4)5/h8-13H,7,14-15H2,1-6H3. The second-order valence-corrected chi connectivity index (χ2v) is 9.38. The monoisotopic (exact) mass is 386 g/mol.